The van der Waals surface area contributed by atoms with Crippen molar-refractivity contribution in [1.82, 2.24) is 0 Å². The Morgan fingerprint density at radius 3 is 2.82 bits per heavy atom. The molecule has 1 aromatic heterocycles. The van der Waals surface area contributed by atoms with E-state index in [1.54, 1.807) is 11.6 Å². The molecule has 2 rings (SSSR count). The molecule has 1 aromatic carbocycles. The Morgan fingerprint density at radius 1 is 1.29 bits per heavy atom. The number of hydrogen-bond donors (Lipinski definition) is 0. The molecule has 0 amide bonds. The fourth-order valence-corrected chi connectivity index (χ4v) is 1.88. The lowest BCUT2D eigenvalue weighted by molar-refractivity contribution is -0.660. The van der Waals surface area contributed by atoms with Gasteiger partial charge in [0.25, 0.3) is 0 Å². The Hall–Kier alpha value is -1.63. The van der Waals surface area contributed by atoms with E-state index in [4.69, 9.17) is 11.0 Å². The van der Waals surface area contributed by atoms with E-state index >= 15 is 0 Å². The van der Waals surface area contributed by atoms with Crippen LogP contribution in [0.15, 0.2) is 36.5 Å². The van der Waals surface area contributed by atoms with Crippen molar-refractivity contribution in [2.45, 2.75) is 27.0 Å². The fraction of sp³-hybridized carbons (Fsp3) is 0.312. The van der Waals surface area contributed by atoms with Crippen molar-refractivity contribution >= 4 is 0 Å². The molecular formula is C16H20N+. The topological polar surface area (TPSA) is 3.88 Å². The molecule has 0 aliphatic carbocycles. The maximum absolute atomic E-state index is 8.07. The standard InChI is InChI=1S/C16H20N/c1-5-14-10-16(17(4)11-13(14)3)15-9-7-6-8-12(15)2/h6-11H,5H2,1-4H3/q+1/i1D3,3D3,5D2. The smallest absolute Gasteiger partial charge is 0.201 e. The zero-order chi connectivity index (χ0) is 19.2. The van der Waals surface area contributed by atoms with Crippen molar-refractivity contribution < 1.29 is 15.5 Å². The quantitative estimate of drug-likeness (QED) is 0.702. The van der Waals surface area contributed by atoms with Gasteiger partial charge >= 0.3 is 0 Å². The molecule has 0 radical (unpaired) electrons. The van der Waals surface area contributed by atoms with Crippen molar-refractivity contribution in [2.24, 2.45) is 7.05 Å². The molecule has 0 spiro atoms. The van der Waals surface area contributed by atoms with E-state index in [2.05, 4.69) is 0 Å². The van der Waals surface area contributed by atoms with E-state index < -0.39 is 20.1 Å². The minimum absolute atomic E-state index is 0.298. The third-order valence-electron chi connectivity index (χ3n) is 2.83. The van der Waals surface area contributed by atoms with Crippen molar-refractivity contribution in [3.05, 3.63) is 53.2 Å². The van der Waals surface area contributed by atoms with Gasteiger partial charge in [-0.2, -0.15) is 0 Å². The first-order valence-corrected chi connectivity index (χ1v) is 5.37. The molecule has 17 heavy (non-hydrogen) atoms. The lowest BCUT2D eigenvalue weighted by Crippen LogP contribution is -2.31. The van der Waals surface area contributed by atoms with Crippen LogP contribution >= 0.6 is 0 Å². The van der Waals surface area contributed by atoms with Gasteiger partial charge in [0.1, 0.15) is 7.05 Å². The number of pyridine rings is 1. The molecule has 2 aromatic rings. The van der Waals surface area contributed by atoms with E-state index in [1.165, 1.54) is 12.3 Å². The Bertz CT molecular complexity index is 790. The second-order valence-electron chi connectivity index (χ2n) is 4.04. The van der Waals surface area contributed by atoms with Gasteiger partial charge in [-0.3, -0.25) is 0 Å². The second kappa shape index (κ2) is 4.70. The average molecular weight is 234 g/mol. The van der Waals surface area contributed by atoms with Gasteiger partial charge in [-0.25, -0.2) is 4.57 Å². The molecule has 88 valence electrons. The first-order chi connectivity index (χ1) is 11.3. The van der Waals surface area contributed by atoms with E-state index in [0.29, 0.717) is 5.69 Å². The molecule has 0 N–H and O–H groups in total. The van der Waals surface area contributed by atoms with Crippen LogP contribution in [-0.2, 0) is 13.4 Å². The van der Waals surface area contributed by atoms with Crippen molar-refractivity contribution in [3.8, 4) is 11.3 Å². The minimum Gasteiger partial charge on any atom is -0.201 e. The molecular weight excluding hydrogens is 206 g/mol. The van der Waals surface area contributed by atoms with E-state index in [0.717, 1.165) is 11.1 Å². The summed E-state index contributed by atoms with van der Waals surface area (Å²) in [6.07, 6.45) is -1.49. The number of hydrogen-bond acceptors (Lipinski definition) is 0. The molecule has 1 heteroatoms. The van der Waals surface area contributed by atoms with Crippen LogP contribution in [0.2, 0.25) is 0 Å². The summed E-state index contributed by atoms with van der Waals surface area (Å²) in [7, 11) is 1.66. The highest BCUT2D eigenvalue weighted by Crippen LogP contribution is 2.21. The van der Waals surface area contributed by atoms with Gasteiger partial charge in [0.05, 0.1) is 0 Å². The highest BCUT2D eigenvalue weighted by Gasteiger charge is 2.14. The summed E-state index contributed by atoms with van der Waals surface area (Å²) in [5.74, 6) is 0. The van der Waals surface area contributed by atoms with Gasteiger partial charge in [0.15, 0.2) is 6.20 Å². The molecule has 0 unspecified atom stereocenters. The highest BCUT2D eigenvalue weighted by atomic mass is 14.9. The predicted octanol–water partition coefficient (Wildman–Crippen LogP) is 3.36. The van der Waals surface area contributed by atoms with Crippen molar-refractivity contribution in [3.63, 3.8) is 0 Å². The lowest BCUT2D eigenvalue weighted by atomic mass is 10.0. The summed E-state index contributed by atoms with van der Waals surface area (Å²) in [6, 6.07) is 8.73. The minimum atomic E-state index is -2.99. The van der Waals surface area contributed by atoms with Crippen LogP contribution in [0, 0.1) is 13.8 Å². The van der Waals surface area contributed by atoms with Crippen LogP contribution in [0.3, 0.4) is 0 Å². The molecule has 0 saturated heterocycles. The van der Waals surface area contributed by atoms with E-state index in [1.807, 2.05) is 31.2 Å². The summed E-state index contributed by atoms with van der Waals surface area (Å²) in [5, 5.41) is 0. The molecule has 1 nitrogen and oxygen atoms in total. The summed E-state index contributed by atoms with van der Waals surface area (Å²) in [4.78, 5) is 0. The van der Waals surface area contributed by atoms with Crippen LogP contribution in [0.25, 0.3) is 11.3 Å². The fourth-order valence-electron chi connectivity index (χ4n) is 1.88. The summed E-state index contributed by atoms with van der Waals surface area (Å²) in [6.45, 7) is -3.74. The molecule has 0 aliphatic heterocycles. The third kappa shape index (κ3) is 2.23. The van der Waals surface area contributed by atoms with Crippen LogP contribution < -0.4 is 4.57 Å². The molecule has 0 fully saturated rings. The maximum Gasteiger partial charge on any atom is 0.212 e. The zero-order valence-corrected chi connectivity index (χ0v) is 9.91. The Morgan fingerprint density at radius 2 is 2.12 bits per heavy atom. The van der Waals surface area contributed by atoms with Crippen LogP contribution in [0.1, 0.15) is 34.5 Å². The van der Waals surface area contributed by atoms with Crippen LogP contribution in [0.5, 0.6) is 0 Å². The average Bonchev–Trinajstić information content (AvgIpc) is 2.45. The van der Waals surface area contributed by atoms with Crippen LogP contribution in [0.4, 0.5) is 0 Å². The molecule has 0 aliphatic rings. The predicted molar refractivity (Wildman–Crippen MR) is 71.9 cm³/mol. The Kier molecular flexibility index (Phi) is 1.48. The molecule has 0 saturated carbocycles. The number of aryl methyl sites for hydroxylation is 4. The summed E-state index contributed by atoms with van der Waals surface area (Å²) >= 11 is 0. The molecule has 0 bridgehead atoms. The number of benzene rings is 1. The largest absolute Gasteiger partial charge is 0.212 e. The number of rotatable bonds is 2. The third-order valence-corrected chi connectivity index (χ3v) is 2.83. The van der Waals surface area contributed by atoms with E-state index in [-0.39, 0.29) is 11.1 Å². The normalized spacial score (nSPS) is 19.9. The summed E-state index contributed by atoms with van der Waals surface area (Å²) in [5.41, 5.74) is 1.62. The van der Waals surface area contributed by atoms with Gasteiger partial charge in [-0.15, -0.1) is 0 Å². The second-order valence-corrected chi connectivity index (χ2v) is 4.04. The van der Waals surface area contributed by atoms with Gasteiger partial charge in [-0.05, 0) is 37.3 Å². The van der Waals surface area contributed by atoms with Gasteiger partial charge in [-0.1, -0.05) is 25.1 Å². The molecule has 1 heterocycles. The number of nitrogens with zero attached hydrogens (tertiary/aromatic N) is 1. The maximum atomic E-state index is 8.07. The monoisotopic (exact) mass is 234 g/mol. The highest BCUT2D eigenvalue weighted by molar-refractivity contribution is 5.61. The Labute approximate surface area is 115 Å². The SMILES string of the molecule is [2H]C([2H])([2H])c1c[n+](C)c(-c2ccccc2C)cc1C([2H])([2H])C([2H])([2H])[2H]. The lowest BCUT2D eigenvalue weighted by Gasteiger charge is -2.07. The zero-order valence-electron chi connectivity index (χ0n) is 17.9. The summed E-state index contributed by atoms with van der Waals surface area (Å²) < 4.78 is 63.3. The Balaban J connectivity index is 2.85. The van der Waals surface area contributed by atoms with Gasteiger partial charge in [0.2, 0.25) is 5.69 Å². The first-order valence-electron chi connectivity index (χ1n) is 9.37. The van der Waals surface area contributed by atoms with Crippen molar-refractivity contribution in [2.75, 3.05) is 0 Å². The van der Waals surface area contributed by atoms with E-state index in [9.17, 15) is 0 Å². The van der Waals surface area contributed by atoms with Gasteiger partial charge < -0.3 is 0 Å². The van der Waals surface area contributed by atoms with Crippen LogP contribution in [-0.4, -0.2) is 0 Å². The molecule has 0 atom stereocenters. The van der Waals surface area contributed by atoms with Crippen molar-refractivity contribution in [1.29, 1.82) is 0 Å². The first kappa shape index (κ1) is 5.34. The van der Waals surface area contributed by atoms with Gasteiger partial charge in [0, 0.05) is 28.2 Å². The number of aromatic nitrogens is 1.